The van der Waals surface area contributed by atoms with E-state index in [0.717, 1.165) is 0 Å². The quantitative estimate of drug-likeness (QED) is 0.839. The zero-order valence-electron chi connectivity index (χ0n) is 9.56. The van der Waals surface area contributed by atoms with Crippen LogP contribution in [0.25, 0.3) is 0 Å². The van der Waals surface area contributed by atoms with E-state index in [4.69, 9.17) is 27.7 Å². The van der Waals surface area contributed by atoms with Gasteiger partial charge in [0.15, 0.2) is 0 Å². The van der Waals surface area contributed by atoms with Crippen molar-refractivity contribution in [3.8, 4) is 6.07 Å². The van der Waals surface area contributed by atoms with Gasteiger partial charge in [0.1, 0.15) is 11.6 Å². The number of benzene rings is 1. The second kappa shape index (κ2) is 4.48. The molecule has 18 heavy (non-hydrogen) atoms. The highest BCUT2D eigenvalue weighted by Gasteiger charge is 2.41. The number of halogens is 1. The molecule has 1 aliphatic rings. The van der Waals surface area contributed by atoms with E-state index in [2.05, 4.69) is 6.07 Å². The van der Waals surface area contributed by atoms with E-state index >= 15 is 0 Å². The SMILES string of the molecule is N#Cc1cc(Cl)ccc1N1CCC(N)(C(=O)O)C1. The predicted octanol–water partition coefficient (Wildman–Crippen LogP) is 1.20. The minimum atomic E-state index is -1.24. The summed E-state index contributed by atoms with van der Waals surface area (Å²) >= 11 is 5.82. The summed E-state index contributed by atoms with van der Waals surface area (Å²) in [5, 5.41) is 18.6. The molecule has 0 radical (unpaired) electrons. The molecule has 0 saturated carbocycles. The number of nitrogens with zero attached hydrogens (tertiary/aromatic N) is 2. The number of hydrogen-bond acceptors (Lipinski definition) is 4. The zero-order chi connectivity index (χ0) is 13.3. The van der Waals surface area contributed by atoms with Crippen LogP contribution in [-0.2, 0) is 4.79 Å². The lowest BCUT2D eigenvalue weighted by Gasteiger charge is -2.22. The summed E-state index contributed by atoms with van der Waals surface area (Å²) in [7, 11) is 0. The van der Waals surface area contributed by atoms with Gasteiger partial charge >= 0.3 is 5.97 Å². The Kier molecular flexibility index (Phi) is 3.16. The molecule has 1 aromatic rings. The van der Waals surface area contributed by atoms with Crippen LogP contribution >= 0.6 is 11.6 Å². The van der Waals surface area contributed by atoms with Crippen molar-refractivity contribution in [3.63, 3.8) is 0 Å². The standard InChI is InChI=1S/C12H12ClN3O2/c13-9-1-2-10(8(5-9)6-14)16-4-3-12(15,7-16)11(17)18/h1-2,5H,3-4,7,15H2,(H,17,18). The maximum absolute atomic E-state index is 11.1. The third-order valence-electron chi connectivity index (χ3n) is 3.15. The minimum absolute atomic E-state index is 0.193. The molecule has 1 unspecified atom stereocenters. The van der Waals surface area contributed by atoms with Crippen molar-refractivity contribution >= 4 is 23.3 Å². The molecule has 0 bridgehead atoms. The summed E-state index contributed by atoms with van der Waals surface area (Å²) in [5.74, 6) is -1.02. The van der Waals surface area contributed by atoms with Gasteiger partial charge in [0.25, 0.3) is 0 Å². The monoisotopic (exact) mass is 265 g/mol. The highest BCUT2D eigenvalue weighted by molar-refractivity contribution is 6.30. The maximum atomic E-state index is 11.1. The van der Waals surface area contributed by atoms with Gasteiger partial charge in [0, 0.05) is 18.1 Å². The Hall–Kier alpha value is -1.77. The molecule has 1 fully saturated rings. The molecule has 94 valence electrons. The molecule has 1 atom stereocenters. The number of hydrogen-bond donors (Lipinski definition) is 2. The number of aliphatic carboxylic acids is 1. The first-order chi connectivity index (χ1) is 8.46. The second-order valence-corrected chi connectivity index (χ2v) is 4.84. The fourth-order valence-electron chi connectivity index (χ4n) is 2.09. The number of carboxylic acid groups (broad SMARTS) is 1. The van der Waals surface area contributed by atoms with E-state index in [1.54, 1.807) is 18.2 Å². The van der Waals surface area contributed by atoms with E-state index < -0.39 is 11.5 Å². The summed E-state index contributed by atoms with van der Waals surface area (Å²) in [4.78, 5) is 12.9. The van der Waals surface area contributed by atoms with Crippen LogP contribution in [-0.4, -0.2) is 29.7 Å². The molecule has 2 rings (SSSR count). The highest BCUT2D eigenvalue weighted by Crippen LogP contribution is 2.29. The molecule has 1 aliphatic heterocycles. The van der Waals surface area contributed by atoms with Gasteiger partial charge in [-0.3, -0.25) is 4.79 Å². The van der Waals surface area contributed by atoms with Gasteiger partial charge in [-0.25, -0.2) is 0 Å². The Morgan fingerprint density at radius 2 is 2.33 bits per heavy atom. The molecule has 3 N–H and O–H groups in total. The number of anilines is 1. The Morgan fingerprint density at radius 3 is 2.89 bits per heavy atom. The van der Waals surface area contributed by atoms with Crippen molar-refractivity contribution in [3.05, 3.63) is 28.8 Å². The molecule has 5 nitrogen and oxygen atoms in total. The summed E-state index contributed by atoms with van der Waals surface area (Å²) in [6.45, 7) is 0.706. The summed E-state index contributed by atoms with van der Waals surface area (Å²) in [6, 6.07) is 7.01. The van der Waals surface area contributed by atoms with Gasteiger partial charge in [-0.2, -0.15) is 5.26 Å². The minimum Gasteiger partial charge on any atom is -0.480 e. The molecule has 1 saturated heterocycles. The van der Waals surface area contributed by atoms with E-state index in [0.29, 0.717) is 29.2 Å². The summed E-state index contributed by atoms with van der Waals surface area (Å²) in [6.07, 6.45) is 0.357. The van der Waals surface area contributed by atoms with E-state index in [1.165, 1.54) is 0 Å². The number of carboxylic acids is 1. The average molecular weight is 266 g/mol. The van der Waals surface area contributed by atoms with Crippen LogP contribution in [0.15, 0.2) is 18.2 Å². The molecule has 0 amide bonds. The van der Waals surface area contributed by atoms with E-state index in [9.17, 15) is 4.79 Å². The van der Waals surface area contributed by atoms with Crippen molar-refractivity contribution in [2.24, 2.45) is 5.73 Å². The molecular formula is C12H12ClN3O2. The molecular weight excluding hydrogens is 254 g/mol. The van der Waals surface area contributed by atoms with Crippen molar-refractivity contribution in [2.75, 3.05) is 18.0 Å². The topological polar surface area (TPSA) is 90.4 Å². The average Bonchev–Trinajstić information content (AvgIpc) is 2.73. The molecule has 6 heteroatoms. The highest BCUT2D eigenvalue weighted by atomic mass is 35.5. The molecule has 1 aromatic carbocycles. The normalized spacial score (nSPS) is 22.8. The Balaban J connectivity index is 2.30. The predicted molar refractivity (Wildman–Crippen MR) is 67.6 cm³/mol. The van der Waals surface area contributed by atoms with Crippen LogP contribution in [0, 0.1) is 11.3 Å². The van der Waals surface area contributed by atoms with Crippen LogP contribution in [0.5, 0.6) is 0 Å². The smallest absolute Gasteiger partial charge is 0.325 e. The van der Waals surface area contributed by atoms with Crippen LogP contribution in [0.1, 0.15) is 12.0 Å². The summed E-state index contributed by atoms with van der Waals surface area (Å²) < 4.78 is 0. The fraction of sp³-hybridized carbons (Fsp3) is 0.333. The maximum Gasteiger partial charge on any atom is 0.325 e. The van der Waals surface area contributed by atoms with Gasteiger partial charge in [-0.1, -0.05) is 11.6 Å². The van der Waals surface area contributed by atoms with Gasteiger partial charge in [-0.15, -0.1) is 0 Å². The first-order valence-electron chi connectivity index (χ1n) is 5.43. The van der Waals surface area contributed by atoms with Gasteiger partial charge in [0.05, 0.1) is 11.3 Å². The van der Waals surface area contributed by atoms with E-state index in [-0.39, 0.29) is 6.54 Å². The Morgan fingerprint density at radius 1 is 1.61 bits per heavy atom. The number of carbonyl (C=O) groups is 1. The first-order valence-corrected chi connectivity index (χ1v) is 5.81. The second-order valence-electron chi connectivity index (χ2n) is 4.41. The largest absolute Gasteiger partial charge is 0.480 e. The van der Waals surface area contributed by atoms with Crippen molar-refractivity contribution in [1.29, 1.82) is 5.26 Å². The zero-order valence-corrected chi connectivity index (χ0v) is 10.3. The number of rotatable bonds is 2. The van der Waals surface area contributed by atoms with Crippen LogP contribution in [0.3, 0.4) is 0 Å². The molecule has 1 heterocycles. The van der Waals surface area contributed by atoms with Crippen molar-refractivity contribution < 1.29 is 9.90 Å². The third kappa shape index (κ3) is 2.13. The fourth-order valence-corrected chi connectivity index (χ4v) is 2.26. The first kappa shape index (κ1) is 12.7. The van der Waals surface area contributed by atoms with Gasteiger partial charge in [0.2, 0.25) is 0 Å². The van der Waals surface area contributed by atoms with Gasteiger partial charge in [-0.05, 0) is 24.6 Å². The lowest BCUT2D eigenvalue weighted by Crippen LogP contribution is -2.50. The lowest BCUT2D eigenvalue weighted by molar-refractivity contribution is -0.142. The van der Waals surface area contributed by atoms with Crippen LogP contribution < -0.4 is 10.6 Å². The van der Waals surface area contributed by atoms with Crippen molar-refractivity contribution in [1.82, 2.24) is 0 Å². The molecule has 0 aromatic heterocycles. The third-order valence-corrected chi connectivity index (χ3v) is 3.38. The number of nitrogens with two attached hydrogens (primary N) is 1. The number of nitriles is 1. The molecule has 0 aliphatic carbocycles. The van der Waals surface area contributed by atoms with Gasteiger partial charge < -0.3 is 15.7 Å². The Labute approximate surface area is 109 Å². The van der Waals surface area contributed by atoms with Crippen LogP contribution in [0.2, 0.25) is 5.02 Å². The summed E-state index contributed by atoms with van der Waals surface area (Å²) in [5.41, 5.74) is 5.66. The Bertz CT molecular complexity index is 541. The van der Waals surface area contributed by atoms with Crippen LogP contribution in [0.4, 0.5) is 5.69 Å². The molecule has 0 spiro atoms. The van der Waals surface area contributed by atoms with Crippen molar-refractivity contribution in [2.45, 2.75) is 12.0 Å². The van der Waals surface area contributed by atoms with E-state index in [1.807, 2.05) is 4.90 Å². The lowest BCUT2D eigenvalue weighted by atomic mass is 10.0.